The summed E-state index contributed by atoms with van der Waals surface area (Å²) >= 11 is 3.57. The molecule has 0 unspecified atom stereocenters. The number of benzene rings is 1. The van der Waals surface area contributed by atoms with E-state index in [1.807, 2.05) is 6.92 Å². The van der Waals surface area contributed by atoms with Crippen LogP contribution in [0.15, 0.2) is 16.6 Å². The average molecular weight is 320 g/mol. The smallest absolute Gasteiger partial charge is 0.161 e. The Kier molecular flexibility index (Phi) is 3.90. The Morgan fingerprint density at radius 2 is 1.68 bits per heavy atom. The highest BCUT2D eigenvalue weighted by atomic mass is 79.9. The Labute approximate surface area is 122 Å². The van der Waals surface area contributed by atoms with Gasteiger partial charge in [0.1, 0.15) is 5.82 Å². The summed E-state index contributed by atoms with van der Waals surface area (Å²) in [6.45, 7) is 8.18. The van der Waals surface area contributed by atoms with Crippen LogP contribution < -0.4 is 5.73 Å². The summed E-state index contributed by atoms with van der Waals surface area (Å²) < 4.78 is 1.13. The van der Waals surface area contributed by atoms with Crippen LogP contribution in [-0.4, -0.2) is 9.97 Å². The van der Waals surface area contributed by atoms with Gasteiger partial charge >= 0.3 is 0 Å². The third kappa shape index (κ3) is 2.63. The number of nitrogens with two attached hydrogens (primary N) is 1. The van der Waals surface area contributed by atoms with E-state index in [1.165, 1.54) is 11.1 Å². The number of nitrogen functional groups attached to an aromatic ring is 1. The fraction of sp³-hybridized carbons (Fsp3) is 0.333. The van der Waals surface area contributed by atoms with Gasteiger partial charge in [0, 0.05) is 21.3 Å². The lowest BCUT2D eigenvalue weighted by Crippen LogP contribution is -2.04. The van der Waals surface area contributed by atoms with E-state index >= 15 is 0 Å². The monoisotopic (exact) mass is 319 g/mol. The molecule has 0 amide bonds. The molecule has 0 aliphatic carbocycles. The maximum Gasteiger partial charge on any atom is 0.161 e. The van der Waals surface area contributed by atoms with Crippen molar-refractivity contribution in [3.05, 3.63) is 39.0 Å². The molecular weight excluding hydrogens is 302 g/mol. The first-order valence-electron chi connectivity index (χ1n) is 6.34. The second-order valence-corrected chi connectivity index (χ2v) is 5.57. The molecule has 0 radical (unpaired) electrons. The molecule has 1 heterocycles. The first kappa shape index (κ1) is 14.0. The van der Waals surface area contributed by atoms with Crippen LogP contribution in [0, 0.1) is 20.8 Å². The van der Waals surface area contributed by atoms with Crippen LogP contribution in [-0.2, 0) is 6.42 Å². The molecule has 0 bridgehead atoms. The Bertz CT molecular complexity index is 589. The topological polar surface area (TPSA) is 51.8 Å². The van der Waals surface area contributed by atoms with Crippen molar-refractivity contribution < 1.29 is 0 Å². The lowest BCUT2D eigenvalue weighted by Gasteiger charge is -2.11. The van der Waals surface area contributed by atoms with E-state index in [9.17, 15) is 0 Å². The molecule has 100 valence electrons. The first-order valence-corrected chi connectivity index (χ1v) is 7.13. The molecule has 0 saturated carbocycles. The largest absolute Gasteiger partial charge is 0.383 e. The van der Waals surface area contributed by atoms with E-state index in [4.69, 9.17) is 5.73 Å². The number of hydrogen-bond acceptors (Lipinski definition) is 3. The summed E-state index contributed by atoms with van der Waals surface area (Å²) in [4.78, 5) is 9.02. The van der Waals surface area contributed by atoms with Crippen LogP contribution in [0.3, 0.4) is 0 Å². The maximum absolute atomic E-state index is 6.02. The van der Waals surface area contributed by atoms with Gasteiger partial charge in [-0.1, -0.05) is 22.9 Å². The Balaban J connectivity index is 2.60. The second-order valence-electron chi connectivity index (χ2n) is 4.77. The number of halogens is 1. The Morgan fingerprint density at radius 3 is 2.16 bits per heavy atom. The summed E-state index contributed by atoms with van der Waals surface area (Å²) in [7, 11) is 0. The molecule has 0 fully saturated rings. The van der Waals surface area contributed by atoms with Gasteiger partial charge in [0.05, 0.1) is 0 Å². The number of hydrogen-bond donors (Lipinski definition) is 1. The van der Waals surface area contributed by atoms with Crippen LogP contribution in [0.5, 0.6) is 0 Å². The van der Waals surface area contributed by atoms with Crippen LogP contribution >= 0.6 is 15.9 Å². The van der Waals surface area contributed by atoms with Crippen LogP contribution in [0.1, 0.15) is 29.3 Å². The SMILES string of the molecule is CCc1c(C)nc(-c2cc(C)c(Br)c(C)c2)nc1N. The molecule has 2 N–H and O–H groups in total. The van der Waals surface area contributed by atoms with Crippen LogP contribution in [0.25, 0.3) is 11.4 Å². The van der Waals surface area contributed by atoms with E-state index in [0.29, 0.717) is 11.6 Å². The highest BCUT2D eigenvalue weighted by molar-refractivity contribution is 9.10. The fourth-order valence-corrected chi connectivity index (χ4v) is 2.49. The summed E-state index contributed by atoms with van der Waals surface area (Å²) in [6, 6.07) is 4.16. The van der Waals surface area contributed by atoms with Crippen molar-refractivity contribution in [2.24, 2.45) is 0 Å². The minimum atomic E-state index is 0.586. The number of rotatable bonds is 2. The van der Waals surface area contributed by atoms with Gasteiger partial charge in [0.2, 0.25) is 0 Å². The van der Waals surface area contributed by atoms with Gasteiger partial charge in [-0.25, -0.2) is 9.97 Å². The molecular formula is C15H18BrN3. The van der Waals surface area contributed by atoms with E-state index in [0.717, 1.165) is 27.7 Å². The molecule has 0 spiro atoms. The van der Waals surface area contributed by atoms with Crippen LogP contribution in [0.2, 0.25) is 0 Å². The molecule has 1 aromatic heterocycles. The number of anilines is 1. The first-order chi connectivity index (χ1) is 8.93. The minimum absolute atomic E-state index is 0.586. The molecule has 2 aromatic rings. The quantitative estimate of drug-likeness (QED) is 0.911. The van der Waals surface area contributed by atoms with Crippen molar-refractivity contribution in [3.63, 3.8) is 0 Å². The van der Waals surface area contributed by atoms with Gasteiger partial charge in [0.15, 0.2) is 5.82 Å². The zero-order valence-electron chi connectivity index (χ0n) is 11.7. The summed E-state index contributed by atoms with van der Waals surface area (Å²) in [5, 5.41) is 0. The molecule has 2 rings (SSSR count). The Morgan fingerprint density at radius 1 is 1.11 bits per heavy atom. The van der Waals surface area contributed by atoms with Gasteiger partial charge in [-0.2, -0.15) is 0 Å². The standard InChI is InChI=1S/C15H18BrN3/c1-5-12-10(4)18-15(19-14(12)17)11-6-8(2)13(16)9(3)7-11/h6-7H,5H2,1-4H3,(H2,17,18,19). The molecule has 0 aliphatic rings. The molecule has 0 aliphatic heterocycles. The van der Waals surface area contributed by atoms with E-state index < -0.39 is 0 Å². The predicted molar refractivity (Wildman–Crippen MR) is 83.2 cm³/mol. The lowest BCUT2D eigenvalue weighted by molar-refractivity contribution is 1.01. The highest BCUT2D eigenvalue weighted by Crippen LogP contribution is 2.28. The fourth-order valence-electron chi connectivity index (χ4n) is 2.26. The van der Waals surface area contributed by atoms with Gasteiger partial charge in [-0.15, -0.1) is 0 Å². The Hall–Kier alpha value is -1.42. The van der Waals surface area contributed by atoms with Crippen molar-refractivity contribution in [2.45, 2.75) is 34.1 Å². The zero-order chi connectivity index (χ0) is 14.2. The molecule has 3 nitrogen and oxygen atoms in total. The van der Waals surface area contributed by atoms with Crippen molar-refractivity contribution in [3.8, 4) is 11.4 Å². The number of aryl methyl sites for hydroxylation is 3. The second kappa shape index (κ2) is 5.29. The summed E-state index contributed by atoms with van der Waals surface area (Å²) in [6.07, 6.45) is 0.857. The average Bonchev–Trinajstić information content (AvgIpc) is 2.35. The van der Waals surface area contributed by atoms with Crippen molar-refractivity contribution in [1.82, 2.24) is 9.97 Å². The highest BCUT2D eigenvalue weighted by Gasteiger charge is 2.11. The molecule has 4 heteroatoms. The van der Waals surface area contributed by atoms with Crippen molar-refractivity contribution in [2.75, 3.05) is 5.73 Å². The maximum atomic E-state index is 6.02. The predicted octanol–water partition coefficient (Wildman–Crippen LogP) is 3.98. The van der Waals surface area contributed by atoms with Gasteiger partial charge < -0.3 is 5.73 Å². The van der Waals surface area contributed by atoms with Crippen LogP contribution in [0.4, 0.5) is 5.82 Å². The summed E-state index contributed by atoms with van der Waals surface area (Å²) in [5.74, 6) is 1.29. The summed E-state index contributed by atoms with van der Waals surface area (Å²) in [5.41, 5.74) is 11.4. The van der Waals surface area contributed by atoms with Gasteiger partial charge in [-0.3, -0.25) is 0 Å². The van der Waals surface area contributed by atoms with E-state index in [-0.39, 0.29) is 0 Å². The third-order valence-corrected chi connectivity index (χ3v) is 4.54. The number of aromatic nitrogens is 2. The molecule has 19 heavy (non-hydrogen) atoms. The normalized spacial score (nSPS) is 10.8. The molecule has 0 atom stereocenters. The third-order valence-electron chi connectivity index (χ3n) is 3.29. The van der Waals surface area contributed by atoms with Gasteiger partial charge in [0.25, 0.3) is 0 Å². The van der Waals surface area contributed by atoms with Gasteiger partial charge in [-0.05, 0) is 50.5 Å². The number of nitrogens with zero attached hydrogens (tertiary/aromatic N) is 2. The molecule has 1 aromatic carbocycles. The molecule has 0 saturated heterocycles. The van der Waals surface area contributed by atoms with E-state index in [2.05, 4.69) is 58.8 Å². The lowest BCUT2D eigenvalue weighted by atomic mass is 10.1. The van der Waals surface area contributed by atoms with Crippen molar-refractivity contribution in [1.29, 1.82) is 0 Å². The van der Waals surface area contributed by atoms with E-state index in [1.54, 1.807) is 0 Å². The minimum Gasteiger partial charge on any atom is -0.383 e. The van der Waals surface area contributed by atoms with Crippen molar-refractivity contribution >= 4 is 21.7 Å². The zero-order valence-corrected chi connectivity index (χ0v) is 13.3.